The van der Waals surface area contributed by atoms with Crippen molar-refractivity contribution < 1.29 is 9.53 Å². The lowest BCUT2D eigenvalue weighted by Gasteiger charge is -2.21. The second-order valence-electron chi connectivity index (χ2n) is 5.64. The molecule has 0 radical (unpaired) electrons. The van der Waals surface area contributed by atoms with Crippen LogP contribution in [0.4, 0.5) is 5.69 Å². The molecular weight excluding hydrogens is 298 g/mol. The summed E-state index contributed by atoms with van der Waals surface area (Å²) in [5.74, 6) is 0.817. The maximum atomic E-state index is 12.6. The number of amides is 1. The van der Waals surface area contributed by atoms with Crippen LogP contribution in [-0.2, 0) is 4.79 Å². The Balaban J connectivity index is 2.09. The fourth-order valence-electron chi connectivity index (χ4n) is 2.47. The Morgan fingerprint density at radius 2 is 1.75 bits per heavy atom. The molecule has 0 saturated heterocycles. The Labute approximate surface area is 144 Å². The van der Waals surface area contributed by atoms with E-state index in [1.807, 2.05) is 65.6 Å². The van der Waals surface area contributed by atoms with E-state index in [1.54, 1.807) is 13.2 Å². The van der Waals surface area contributed by atoms with Crippen LogP contribution in [0.5, 0.6) is 5.75 Å². The van der Waals surface area contributed by atoms with Crippen molar-refractivity contribution in [1.82, 2.24) is 0 Å². The minimum atomic E-state index is 0.00752. The lowest BCUT2D eigenvalue weighted by Crippen LogP contribution is -2.30. The van der Waals surface area contributed by atoms with Crippen LogP contribution in [0.15, 0.2) is 60.7 Å². The zero-order valence-corrected chi connectivity index (χ0v) is 14.4. The third-order valence-electron chi connectivity index (χ3n) is 3.85. The monoisotopic (exact) mass is 323 g/mol. The molecule has 0 atom stereocenters. The second kappa shape index (κ2) is 9.56. The summed E-state index contributed by atoms with van der Waals surface area (Å²) in [4.78, 5) is 14.5. The highest BCUT2D eigenvalue weighted by Crippen LogP contribution is 2.16. The lowest BCUT2D eigenvalue weighted by atomic mass is 10.2. The number of unbranched alkanes of at least 4 members (excludes halogenated alkanes) is 2. The number of rotatable bonds is 8. The molecular formula is C21H25NO2. The molecule has 0 aromatic heterocycles. The molecule has 2 rings (SSSR count). The number of nitrogens with zero attached hydrogens (tertiary/aromatic N) is 1. The van der Waals surface area contributed by atoms with Gasteiger partial charge in [-0.15, -0.1) is 0 Å². The molecule has 0 aliphatic heterocycles. The van der Waals surface area contributed by atoms with Gasteiger partial charge in [0.1, 0.15) is 5.75 Å². The molecule has 3 heteroatoms. The van der Waals surface area contributed by atoms with Gasteiger partial charge < -0.3 is 9.64 Å². The van der Waals surface area contributed by atoms with Crippen molar-refractivity contribution >= 4 is 17.7 Å². The van der Waals surface area contributed by atoms with Gasteiger partial charge >= 0.3 is 0 Å². The Morgan fingerprint density at radius 1 is 1.04 bits per heavy atom. The molecule has 126 valence electrons. The number of methoxy groups -OCH3 is 1. The molecule has 0 heterocycles. The molecule has 0 saturated carbocycles. The maximum absolute atomic E-state index is 12.6. The number of anilines is 1. The van der Waals surface area contributed by atoms with Crippen molar-refractivity contribution in [1.29, 1.82) is 0 Å². The average molecular weight is 323 g/mol. The second-order valence-corrected chi connectivity index (χ2v) is 5.64. The first-order valence-corrected chi connectivity index (χ1v) is 8.43. The third-order valence-corrected chi connectivity index (χ3v) is 3.85. The van der Waals surface area contributed by atoms with E-state index in [4.69, 9.17) is 4.74 Å². The highest BCUT2D eigenvalue weighted by atomic mass is 16.5. The molecule has 3 nitrogen and oxygen atoms in total. The van der Waals surface area contributed by atoms with Crippen LogP contribution in [-0.4, -0.2) is 19.6 Å². The van der Waals surface area contributed by atoms with Crippen LogP contribution in [0.2, 0.25) is 0 Å². The van der Waals surface area contributed by atoms with Crippen molar-refractivity contribution in [3.8, 4) is 5.75 Å². The van der Waals surface area contributed by atoms with Crippen molar-refractivity contribution in [2.45, 2.75) is 26.2 Å². The van der Waals surface area contributed by atoms with Gasteiger partial charge in [0.2, 0.25) is 0 Å². The minimum absolute atomic E-state index is 0.00752. The highest BCUT2D eigenvalue weighted by Gasteiger charge is 2.12. The van der Waals surface area contributed by atoms with Gasteiger partial charge in [0.15, 0.2) is 0 Å². The topological polar surface area (TPSA) is 29.5 Å². The molecule has 0 unspecified atom stereocenters. The number of para-hydroxylation sites is 1. The third kappa shape index (κ3) is 5.27. The number of hydrogen-bond acceptors (Lipinski definition) is 2. The summed E-state index contributed by atoms with van der Waals surface area (Å²) in [7, 11) is 1.64. The summed E-state index contributed by atoms with van der Waals surface area (Å²) < 4.78 is 5.15. The summed E-state index contributed by atoms with van der Waals surface area (Å²) in [6, 6.07) is 17.5. The van der Waals surface area contributed by atoms with Gasteiger partial charge in [-0.3, -0.25) is 4.79 Å². The van der Waals surface area contributed by atoms with Crippen molar-refractivity contribution in [2.24, 2.45) is 0 Å². The van der Waals surface area contributed by atoms with E-state index in [-0.39, 0.29) is 5.91 Å². The Kier molecular flexibility index (Phi) is 7.09. The normalized spacial score (nSPS) is 10.8. The molecule has 0 bridgehead atoms. The van der Waals surface area contributed by atoms with E-state index < -0.39 is 0 Å². The molecule has 0 spiro atoms. The molecule has 0 fully saturated rings. The SMILES string of the molecule is CCCCCN(C(=O)/C=C/c1ccc(OC)cc1)c1ccccc1. The largest absolute Gasteiger partial charge is 0.497 e. The first kappa shape index (κ1) is 17.8. The Bertz CT molecular complexity index is 647. The van der Waals surface area contributed by atoms with E-state index in [9.17, 15) is 4.79 Å². The zero-order valence-electron chi connectivity index (χ0n) is 14.4. The predicted octanol–water partition coefficient (Wildman–Crippen LogP) is 4.93. The number of carbonyl (C=O) groups is 1. The van der Waals surface area contributed by atoms with Crippen molar-refractivity contribution in [2.75, 3.05) is 18.6 Å². The van der Waals surface area contributed by atoms with E-state index in [1.165, 1.54) is 0 Å². The van der Waals surface area contributed by atoms with E-state index in [2.05, 4.69) is 6.92 Å². The van der Waals surface area contributed by atoms with Gasteiger partial charge in [0.05, 0.1) is 7.11 Å². The summed E-state index contributed by atoms with van der Waals surface area (Å²) in [6.07, 6.45) is 6.75. The van der Waals surface area contributed by atoms with Gasteiger partial charge in [-0.25, -0.2) is 0 Å². The summed E-state index contributed by atoms with van der Waals surface area (Å²) in [5, 5.41) is 0. The molecule has 0 aliphatic carbocycles. The van der Waals surface area contributed by atoms with Gasteiger partial charge in [-0.2, -0.15) is 0 Å². The minimum Gasteiger partial charge on any atom is -0.497 e. The molecule has 24 heavy (non-hydrogen) atoms. The average Bonchev–Trinajstić information content (AvgIpc) is 2.64. The van der Waals surface area contributed by atoms with Gasteiger partial charge in [-0.1, -0.05) is 50.1 Å². The zero-order chi connectivity index (χ0) is 17.2. The van der Waals surface area contributed by atoms with E-state index >= 15 is 0 Å². The molecule has 1 amide bonds. The first-order valence-electron chi connectivity index (χ1n) is 8.43. The Morgan fingerprint density at radius 3 is 2.38 bits per heavy atom. The Hall–Kier alpha value is -2.55. The fraction of sp³-hybridized carbons (Fsp3) is 0.286. The van der Waals surface area contributed by atoms with Crippen molar-refractivity contribution in [3.63, 3.8) is 0 Å². The van der Waals surface area contributed by atoms with Crippen molar-refractivity contribution in [3.05, 3.63) is 66.2 Å². The first-order chi connectivity index (χ1) is 11.7. The molecule has 0 N–H and O–H groups in total. The van der Waals surface area contributed by atoms with Gasteiger partial charge in [0, 0.05) is 18.3 Å². The quantitative estimate of drug-likeness (QED) is 0.509. The highest BCUT2D eigenvalue weighted by molar-refractivity contribution is 6.03. The maximum Gasteiger partial charge on any atom is 0.250 e. The van der Waals surface area contributed by atoms with E-state index in [0.717, 1.165) is 42.8 Å². The summed E-state index contributed by atoms with van der Waals surface area (Å²) in [5.41, 5.74) is 1.92. The van der Waals surface area contributed by atoms with Crippen LogP contribution >= 0.6 is 0 Å². The van der Waals surface area contributed by atoms with E-state index in [0.29, 0.717) is 0 Å². The molecule has 2 aromatic carbocycles. The van der Waals surface area contributed by atoms with Crippen LogP contribution in [0.3, 0.4) is 0 Å². The van der Waals surface area contributed by atoms with Gasteiger partial charge in [-0.05, 0) is 42.3 Å². The van der Waals surface area contributed by atoms with Gasteiger partial charge in [0.25, 0.3) is 5.91 Å². The summed E-state index contributed by atoms with van der Waals surface area (Å²) >= 11 is 0. The number of hydrogen-bond donors (Lipinski definition) is 0. The lowest BCUT2D eigenvalue weighted by molar-refractivity contribution is -0.114. The number of benzene rings is 2. The molecule has 2 aromatic rings. The fourth-order valence-corrected chi connectivity index (χ4v) is 2.47. The van der Waals surface area contributed by atoms with Crippen LogP contribution in [0.1, 0.15) is 31.7 Å². The summed E-state index contributed by atoms with van der Waals surface area (Å²) in [6.45, 7) is 2.90. The standard InChI is InChI=1S/C21H25NO2/c1-3-4-8-17-22(19-9-6-5-7-10-19)21(23)16-13-18-11-14-20(24-2)15-12-18/h5-7,9-16H,3-4,8,17H2,1-2H3/b16-13+. The number of ether oxygens (including phenoxy) is 1. The van der Waals surface area contributed by atoms with Crippen LogP contribution in [0.25, 0.3) is 6.08 Å². The number of carbonyl (C=O) groups excluding carboxylic acids is 1. The van der Waals surface area contributed by atoms with Crippen LogP contribution in [0, 0.1) is 0 Å². The van der Waals surface area contributed by atoms with Crippen LogP contribution < -0.4 is 9.64 Å². The molecule has 0 aliphatic rings. The smallest absolute Gasteiger partial charge is 0.250 e. The predicted molar refractivity (Wildman–Crippen MR) is 100 cm³/mol.